The highest BCUT2D eigenvalue weighted by Gasteiger charge is 2.12. The van der Waals surface area contributed by atoms with Crippen LogP contribution in [-0.2, 0) is 4.79 Å². The largest absolute Gasteiger partial charge is 0.372 e. The number of allylic oxidation sites excluding steroid dienone is 2. The third kappa shape index (κ3) is 3.70. The van der Waals surface area contributed by atoms with Crippen LogP contribution in [0.4, 0.5) is 0 Å². The molecule has 0 aliphatic carbocycles. The molecule has 0 radical (unpaired) electrons. The molecule has 0 aromatic carbocycles. The van der Waals surface area contributed by atoms with Crippen molar-refractivity contribution in [1.29, 1.82) is 0 Å². The van der Waals surface area contributed by atoms with Crippen LogP contribution in [0.25, 0.3) is 0 Å². The van der Waals surface area contributed by atoms with E-state index >= 15 is 0 Å². The normalized spacial score (nSPS) is 15.4. The fourth-order valence-corrected chi connectivity index (χ4v) is 1.73. The van der Waals surface area contributed by atoms with Gasteiger partial charge in [-0.15, -0.1) is 0 Å². The van der Waals surface area contributed by atoms with E-state index in [1.165, 1.54) is 0 Å². The smallest absolute Gasteiger partial charge is 0.246 e. The summed E-state index contributed by atoms with van der Waals surface area (Å²) < 4.78 is 0. The standard InChI is InChI=1S/C12H21N3O/c1-3-14(4-2)8-9-15-7-5-6-11(10-15)12(13)16/h5-7H,3-4,8-10H2,1-2H3,(H2,13,16). The van der Waals surface area contributed by atoms with E-state index in [0.717, 1.165) is 26.2 Å². The molecule has 4 heteroatoms. The van der Waals surface area contributed by atoms with E-state index < -0.39 is 0 Å². The Morgan fingerprint density at radius 1 is 1.50 bits per heavy atom. The van der Waals surface area contributed by atoms with Crippen molar-refractivity contribution in [3.05, 3.63) is 23.9 Å². The molecule has 2 N–H and O–H groups in total. The van der Waals surface area contributed by atoms with Crippen molar-refractivity contribution >= 4 is 5.91 Å². The topological polar surface area (TPSA) is 49.6 Å². The number of carbonyl (C=O) groups is 1. The minimum absolute atomic E-state index is 0.322. The first kappa shape index (κ1) is 12.8. The van der Waals surface area contributed by atoms with Crippen LogP contribution in [0.15, 0.2) is 23.9 Å². The highest BCUT2D eigenvalue weighted by Crippen LogP contribution is 2.06. The second kappa shape index (κ2) is 6.33. The molecule has 1 aliphatic heterocycles. The van der Waals surface area contributed by atoms with Gasteiger partial charge in [0.15, 0.2) is 0 Å². The minimum atomic E-state index is -0.322. The summed E-state index contributed by atoms with van der Waals surface area (Å²) in [5.41, 5.74) is 5.94. The van der Waals surface area contributed by atoms with Crippen LogP contribution in [0.5, 0.6) is 0 Å². The second-order valence-corrected chi connectivity index (χ2v) is 3.90. The zero-order chi connectivity index (χ0) is 12.0. The van der Waals surface area contributed by atoms with Crippen molar-refractivity contribution in [3.8, 4) is 0 Å². The van der Waals surface area contributed by atoms with Crippen LogP contribution < -0.4 is 5.73 Å². The average Bonchev–Trinajstić information content (AvgIpc) is 2.31. The lowest BCUT2D eigenvalue weighted by Gasteiger charge is -2.27. The fourth-order valence-electron chi connectivity index (χ4n) is 1.73. The number of rotatable bonds is 6. The number of nitrogens with two attached hydrogens (primary N) is 1. The van der Waals surface area contributed by atoms with Gasteiger partial charge in [0.25, 0.3) is 0 Å². The molecule has 0 atom stereocenters. The number of hydrogen-bond donors (Lipinski definition) is 1. The predicted octanol–water partition coefficient (Wildman–Crippen LogP) is 0.569. The summed E-state index contributed by atoms with van der Waals surface area (Å²) in [6.45, 7) is 9.02. The van der Waals surface area contributed by atoms with E-state index in [2.05, 4.69) is 23.6 Å². The van der Waals surface area contributed by atoms with Gasteiger partial charge in [0.05, 0.1) is 0 Å². The van der Waals surface area contributed by atoms with Crippen molar-refractivity contribution in [3.63, 3.8) is 0 Å². The molecule has 16 heavy (non-hydrogen) atoms. The van der Waals surface area contributed by atoms with Crippen LogP contribution >= 0.6 is 0 Å². The SMILES string of the molecule is CCN(CC)CCN1C=CC=C(C(N)=O)C1. The van der Waals surface area contributed by atoms with Crippen molar-refractivity contribution in [1.82, 2.24) is 9.80 Å². The van der Waals surface area contributed by atoms with Gasteiger partial charge in [-0.1, -0.05) is 19.9 Å². The number of primary amides is 1. The molecule has 0 bridgehead atoms. The minimum Gasteiger partial charge on any atom is -0.372 e. The summed E-state index contributed by atoms with van der Waals surface area (Å²) in [6, 6.07) is 0. The molecule has 1 amide bonds. The summed E-state index contributed by atoms with van der Waals surface area (Å²) in [5, 5.41) is 0. The number of amides is 1. The Hall–Kier alpha value is -1.29. The molecule has 90 valence electrons. The first-order valence-corrected chi connectivity index (χ1v) is 5.81. The average molecular weight is 223 g/mol. The van der Waals surface area contributed by atoms with Crippen LogP contribution in [0.3, 0.4) is 0 Å². The molecule has 0 aromatic rings. The third-order valence-corrected chi connectivity index (χ3v) is 2.88. The monoisotopic (exact) mass is 223 g/mol. The van der Waals surface area contributed by atoms with Crippen LogP contribution in [0, 0.1) is 0 Å². The molecule has 0 unspecified atom stereocenters. The molecule has 0 saturated heterocycles. The maximum absolute atomic E-state index is 11.0. The fraction of sp³-hybridized carbons (Fsp3) is 0.583. The van der Waals surface area contributed by atoms with Crippen LogP contribution in [-0.4, -0.2) is 48.4 Å². The van der Waals surface area contributed by atoms with E-state index in [9.17, 15) is 4.79 Å². The number of carbonyl (C=O) groups excluding carboxylic acids is 1. The zero-order valence-corrected chi connectivity index (χ0v) is 10.1. The van der Waals surface area contributed by atoms with E-state index in [4.69, 9.17) is 5.73 Å². The van der Waals surface area contributed by atoms with E-state index in [1.807, 2.05) is 12.3 Å². The Bertz CT molecular complexity index is 293. The van der Waals surface area contributed by atoms with E-state index in [1.54, 1.807) is 6.08 Å². The lowest BCUT2D eigenvalue weighted by Crippen LogP contribution is -2.35. The summed E-state index contributed by atoms with van der Waals surface area (Å²) >= 11 is 0. The summed E-state index contributed by atoms with van der Waals surface area (Å²) in [6.07, 6.45) is 5.68. The molecular weight excluding hydrogens is 202 g/mol. The maximum atomic E-state index is 11.0. The Balaban J connectivity index is 2.38. The van der Waals surface area contributed by atoms with Crippen LogP contribution in [0.2, 0.25) is 0 Å². The first-order valence-electron chi connectivity index (χ1n) is 5.81. The van der Waals surface area contributed by atoms with Gasteiger partial charge in [-0.25, -0.2) is 0 Å². The van der Waals surface area contributed by atoms with Gasteiger partial charge < -0.3 is 15.5 Å². The predicted molar refractivity (Wildman–Crippen MR) is 65.8 cm³/mol. The Morgan fingerprint density at radius 3 is 2.75 bits per heavy atom. The number of hydrogen-bond acceptors (Lipinski definition) is 3. The summed E-state index contributed by atoms with van der Waals surface area (Å²) in [7, 11) is 0. The van der Waals surface area contributed by atoms with Crippen molar-refractivity contribution < 1.29 is 4.79 Å². The molecule has 1 rings (SSSR count). The highest BCUT2D eigenvalue weighted by molar-refractivity contribution is 5.92. The molecular formula is C12H21N3O. The second-order valence-electron chi connectivity index (χ2n) is 3.90. The molecule has 0 fully saturated rings. The van der Waals surface area contributed by atoms with Crippen molar-refractivity contribution in [2.45, 2.75) is 13.8 Å². The molecule has 1 aliphatic rings. The molecule has 0 aromatic heterocycles. The van der Waals surface area contributed by atoms with E-state index in [0.29, 0.717) is 12.1 Å². The van der Waals surface area contributed by atoms with Crippen molar-refractivity contribution in [2.24, 2.45) is 5.73 Å². The number of likely N-dealkylation sites (N-methyl/N-ethyl adjacent to an activating group) is 1. The molecule has 0 spiro atoms. The molecule has 0 saturated carbocycles. The van der Waals surface area contributed by atoms with Crippen LogP contribution in [0.1, 0.15) is 13.8 Å². The molecule has 4 nitrogen and oxygen atoms in total. The Kier molecular flexibility index (Phi) is 5.05. The summed E-state index contributed by atoms with van der Waals surface area (Å²) in [4.78, 5) is 15.5. The van der Waals surface area contributed by atoms with Gasteiger partial charge in [0.2, 0.25) is 5.91 Å². The van der Waals surface area contributed by atoms with Gasteiger partial charge in [0, 0.05) is 25.2 Å². The van der Waals surface area contributed by atoms with Crippen molar-refractivity contribution in [2.75, 3.05) is 32.7 Å². The van der Waals surface area contributed by atoms with Gasteiger partial charge in [0.1, 0.15) is 0 Å². The lowest BCUT2D eigenvalue weighted by atomic mass is 10.2. The quantitative estimate of drug-likeness (QED) is 0.716. The Morgan fingerprint density at radius 2 is 2.19 bits per heavy atom. The first-order chi connectivity index (χ1) is 7.67. The van der Waals surface area contributed by atoms with Gasteiger partial charge in [-0.2, -0.15) is 0 Å². The number of nitrogens with zero attached hydrogens (tertiary/aromatic N) is 2. The zero-order valence-electron chi connectivity index (χ0n) is 10.1. The van der Waals surface area contributed by atoms with E-state index in [-0.39, 0.29) is 5.91 Å². The summed E-state index contributed by atoms with van der Waals surface area (Å²) in [5.74, 6) is -0.322. The maximum Gasteiger partial charge on any atom is 0.246 e. The molecule has 1 heterocycles. The highest BCUT2D eigenvalue weighted by atomic mass is 16.1. The van der Waals surface area contributed by atoms with Gasteiger partial charge >= 0.3 is 0 Å². The lowest BCUT2D eigenvalue weighted by molar-refractivity contribution is -0.114. The Labute approximate surface area is 97.4 Å². The van der Waals surface area contributed by atoms with Gasteiger partial charge in [-0.05, 0) is 25.4 Å². The third-order valence-electron chi connectivity index (χ3n) is 2.88. The van der Waals surface area contributed by atoms with Gasteiger partial charge in [-0.3, -0.25) is 4.79 Å².